The van der Waals surface area contributed by atoms with E-state index in [-0.39, 0.29) is 5.92 Å². The molecule has 1 aliphatic carbocycles. The first kappa shape index (κ1) is 32.8. The number of hydrogen-bond donors (Lipinski definition) is 0. The van der Waals surface area contributed by atoms with Crippen molar-refractivity contribution in [1.29, 1.82) is 0 Å². The van der Waals surface area contributed by atoms with Crippen molar-refractivity contribution in [1.82, 2.24) is 9.13 Å². The minimum Gasteiger partial charge on any atom is -0.314 e. The number of allylic oxidation sites excluding steroid dienone is 6. The molecule has 0 saturated heterocycles. The van der Waals surface area contributed by atoms with Crippen LogP contribution in [0.25, 0.3) is 56.0 Å². The molecule has 0 fully saturated rings. The zero-order valence-electron chi connectivity index (χ0n) is 29.8. The quantitative estimate of drug-likeness (QED) is 0.149. The molecular weight excluding hydrogens is 629 g/mol. The van der Waals surface area contributed by atoms with E-state index in [2.05, 4.69) is 199 Å². The summed E-state index contributed by atoms with van der Waals surface area (Å²) in [7, 11) is 0. The largest absolute Gasteiger partial charge is 0.314 e. The third-order valence-electron chi connectivity index (χ3n) is 10.2. The first-order valence-corrected chi connectivity index (χ1v) is 18.1. The van der Waals surface area contributed by atoms with Gasteiger partial charge in [-0.3, -0.25) is 0 Å². The lowest BCUT2D eigenvalue weighted by atomic mass is 9.86. The van der Waals surface area contributed by atoms with Gasteiger partial charge < -0.3 is 9.13 Å². The molecule has 8 rings (SSSR count). The predicted octanol–water partition coefficient (Wildman–Crippen LogP) is 13.2. The molecule has 2 heteroatoms. The second-order valence-corrected chi connectivity index (χ2v) is 13.4. The van der Waals surface area contributed by atoms with Gasteiger partial charge in [-0.2, -0.15) is 0 Å². The van der Waals surface area contributed by atoms with E-state index in [9.17, 15) is 0 Å². The summed E-state index contributed by atoms with van der Waals surface area (Å²) in [6.07, 6.45) is 13.7. The van der Waals surface area contributed by atoms with Crippen LogP contribution in [0.1, 0.15) is 40.9 Å². The number of aryl methyl sites for hydroxylation is 1. The molecule has 52 heavy (non-hydrogen) atoms. The first-order valence-electron chi connectivity index (χ1n) is 18.1. The molecule has 2 nitrogen and oxygen atoms in total. The van der Waals surface area contributed by atoms with Gasteiger partial charge in [0.05, 0.1) is 11.0 Å². The highest BCUT2D eigenvalue weighted by Crippen LogP contribution is 2.37. The normalized spacial score (nSPS) is 14.1. The molecule has 5 aromatic carbocycles. The van der Waals surface area contributed by atoms with Crippen LogP contribution < -0.4 is 0 Å². The molecule has 2 aromatic heterocycles. The zero-order chi connectivity index (χ0) is 35.4. The summed E-state index contributed by atoms with van der Waals surface area (Å²) in [6.45, 7) is 8.26. The van der Waals surface area contributed by atoms with Gasteiger partial charge in [0.1, 0.15) is 0 Å². The Morgan fingerprint density at radius 3 is 2.19 bits per heavy atom. The summed E-state index contributed by atoms with van der Waals surface area (Å²) in [5.74, 6) is 0.251. The third-order valence-corrected chi connectivity index (χ3v) is 10.2. The van der Waals surface area contributed by atoms with Gasteiger partial charge >= 0.3 is 0 Å². The van der Waals surface area contributed by atoms with E-state index in [1.54, 1.807) is 0 Å². The van der Waals surface area contributed by atoms with Gasteiger partial charge in [0.25, 0.3) is 0 Å². The predicted molar refractivity (Wildman–Crippen MR) is 223 cm³/mol. The lowest BCUT2D eigenvalue weighted by molar-refractivity contribution is 0.807. The van der Waals surface area contributed by atoms with E-state index in [1.165, 1.54) is 61.1 Å². The Bertz CT molecular complexity index is 2570. The van der Waals surface area contributed by atoms with Crippen LogP contribution in [0.5, 0.6) is 0 Å². The van der Waals surface area contributed by atoms with E-state index >= 15 is 0 Å². The monoisotopic (exact) mass is 670 g/mol. The maximum absolute atomic E-state index is 4.04. The van der Waals surface area contributed by atoms with Crippen LogP contribution in [0.4, 0.5) is 0 Å². The Kier molecular flexibility index (Phi) is 9.12. The van der Waals surface area contributed by atoms with Crippen LogP contribution in [0.3, 0.4) is 0 Å². The number of fused-ring (bicyclic) bond motifs is 4. The highest BCUT2D eigenvalue weighted by Gasteiger charge is 2.20. The molecule has 0 aliphatic heterocycles. The fourth-order valence-corrected chi connectivity index (χ4v) is 7.60. The Labute approximate surface area is 307 Å². The molecule has 1 atom stereocenters. The second kappa shape index (κ2) is 14.5. The van der Waals surface area contributed by atoms with Gasteiger partial charge in [0, 0.05) is 39.5 Å². The zero-order valence-corrected chi connectivity index (χ0v) is 29.8. The third kappa shape index (κ3) is 6.25. The average molecular weight is 671 g/mol. The summed E-state index contributed by atoms with van der Waals surface area (Å²) in [6, 6.07) is 55.1. The molecule has 1 aliphatic rings. The van der Waals surface area contributed by atoms with Crippen LogP contribution in [0.2, 0.25) is 0 Å². The molecule has 0 saturated carbocycles. The van der Waals surface area contributed by atoms with Crippen molar-refractivity contribution < 1.29 is 0 Å². The van der Waals surface area contributed by atoms with Crippen molar-refractivity contribution >= 4 is 33.5 Å². The Hall–Kier alpha value is -6.38. The molecule has 0 amide bonds. The molecule has 0 N–H and O–H groups in total. The number of nitrogens with zero attached hydrogens (tertiary/aromatic N) is 2. The maximum atomic E-state index is 4.04. The SMILES string of the molecule is C=C/C(=C\C=C/C)c1ccc(-n2c(C)cccccc3c2C=CC(c2ccc4c(c2)c2ccccc2n4-c2cccc(-c4ccccc4)c2)C3)cc1. The topological polar surface area (TPSA) is 9.86 Å². The molecule has 0 radical (unpaired) electrons. The standard InChI is InChI=1S/C50H42N2/c1-4-6-17-37(5-2)39-25-29-44(30-26-39)51-36(3)16-9-7-12-20-43-33-41(27-31-48(43)51)42-28-32-50-47(35-42)46-23-13-14-24-49(46)52(50)45-22-15-21-40(34-45)38-18-10-8-11-19-38/h4-32,34-35,41H,2,33H2,1,3H3/b6-4-,9-7?,20-12?,36-16?,37-17+. The van der Waals surface area contributed by atoms with Crippen molar-refractivity contribution in [2.45, 2.75) is 26.2 Å². The van der Waals surface area contributed by atoms with Gasteiger partial charge in [0.2, 0.25) is 0 Å². The van der Waals surface area contributed by atoms with Gasteiger partial charge in [-0.05, 0) is 108 Å². The molecule has 1 unspecified atom stereocenters. The van der Waals surface area contributed by atoms with Gasteiger partial charge in [-0.1, -0.05) is 140 Å². The van der Waals surface area contributed by atoms with E-state index in [0.29, 0.717) is 0 Å². The second-order valence-electron chi connectivity index (χ2n) is 13.4. The summed E-state index contributed by atoms with van der Waals surface area (Å²) in [5.41, 5.74) is 14.5. The molecule has 2 heterocycles. The Balaban J connectivity index is 1.20. The van der Waals surface area contributed by atoms with E-state index in [0.717, 1.165) is 23.2 Å². The molecule has 0 bridgehead atoms. The van der Waals surface area contributed by atoms with E-state index in [4.69, 9.17) is 0 Å². The van der Waals surface area contributed by atoms with E-state index in [1.807, 2.05) is 19.1 Å². The van der Waals surface area contributed by atoms with Gasteiger partial charge in [-0.15, -0.1) is 0 Å². The maximum Gasteiger partial charge on any atom is 0.0541 e. The number of hydrogen-bond acceptors (Lipinski definition) is 0. The molecule has 0 spiro atoms. The Morgan fingerprint density at radius 2 is 1.38 bits per heavy atom. The highest BCUT2D eigenvalue weighted by atomic mass is 15.0. The van der Waals surface area contributed by atoms with Crippen molar-refractivity contribution in [2.75, 3.05) is 0 Å². The minimum atomic E-state index is 0.251. The number of para-hydroxylation sites is 1. The van der Waals surface area contributed by atoms with Crippen LogP contribution in [0, 0.1) is 6.92 Å². The summed E-state index contributed by atoms with van der Waals surface area (Å²) in [5, 5.41) is 2.55. The van der Waals surface area contributed by atoms with Crippen LogP contribution in [-0.4, -0.2) is 9.13 Å². The lowest BCUT2D eigenvalue weighted by Crippen LogP contribution is -2.11. The van der Waals surface area contributed by atoms with Crippen LogP contribution in [0.15, 0.2) is 189 Å². The van der Waals surface area contributed by atoms with Gasteiger partial charge in [0.15, 0.2) is 0 Å². The van der Waals surface area contributed by atoms with Crippen molar-refractivity contribution in [3.05, 3.63) is 217 Å². The lowest BCUT2D eigenvalue weighted by Gasteiger charge is -2.23. The summed E-state index contributed by atoms with van der Waals surface area (Å²) in [4.78, 5) is 0. The van der Waals surface area contributed by atoms with Gasteiger partial charge in [-0.25, -0.2) is 0 Å². The van der Waals surface area contributed by atoms with Crippen LogP contribution >= 0.6 is 0 Å². The fraction of sp³-hybridized carbons (Fsp3) is 0.0800. The molecule has 252 valence electrons. The number of rotatable bonds is 7. The Morgan fingerprint density at radius 1 is 0.654 bits per heavy atom. The molecular formula is C50H42N2. The fourth-order valence-electron chi connectivity index (χ4n) is 7.60. The van der Waals surface area contributed by atoms with Crippen molar-refractivity contribution in [3.8, 4) is 22.5 Å². The van der Waals surface area contributed by atoms with Crippen molar-refractivity contribution in [3.63, 3.8) is 0 Å². The van der Waals surface area contributed by atoms with Crippen LogP contribution in [-0.2, 0) is 6.42 Å². The number of benzene rings is 5. The van der Waals surface area contributed by atoms with Crippen molar-refractivity contribution in [2.24, 2.45) is 0 Å². The first-order chi connectivity index (χ1) is 25.6. The minimum absolute atomic E-state index is 0.251. The number of aromatic nitrogens is 2. The summed E-state index contributed by atoms with van der Waals surface area (Å²) >= 11 is 0. The highest BCUT2D eigenvalue weighted by molar-refractivity contribution is 6.09. The van der Waals surface area contributed by atoms with E-state index < -0.39 is 0 Å². The summed E-state index contributed by atoms with van der Waals surface area (Å²) < 4.78 is 4.80. The smallest absolute Gasteiger partial charge is 0.0541 e. The molecule has 7 aromatic rings. The average Bonchev–Trinajstić information content (AvgIpc) is 3.56.